The summed E-state index contributed by atoms with van der Waals surface area (Å²) in [4.78, 5) is 37.8. The minimum Gasteiger partial charge on any atom is -0.444 e. The van der Waals surface area contributed by atoms with Crippen molar-refractivity contribution >= 4 is 28.7 Å². The number of fused-ring (bicyclic) bond motifs is 1. The maximum Gasteiger partial charge on any atom is 0.410 e. The number of hydrogen-bond donors (Lipinski definition) is 2. The molecule has 3 aromatic rings. The fraction of sp³-hybridized carbons (Fsp3) is 0.364. The lowest BCUT2D eigenvalue weighted by Crippen LogP contribution is -2.35. The Balaban J connectivity index is 1.41. The molecule has 1 atom stereocenters. The van der Waals surface area contributed by atoms with Crippen LogP contribution in [0.2, 0.25) is 0 Å². The van der Waals surface area contributed by atoms with Gasteiger partial charge in [0.05, 0.1) is 0 Å². The molecule has 2 aromatic heterocycles. The Kier molecular flexibility index (Phi) is 5.26. The van der Waals surface area contributed by atoms with E-state index in [0.717, 1.165) is 12.1 Å². The third-order valence-electron chi connectivity index (χ3n) is 4.99. The van der Waals surface area contributed by atoms with Crippen molar-refractivity contribution in [3.05, 3.63) is 58.2 Å². The lowest BCUT2D eigenvalue weighted by molar-refractivity contribution is 0.0292. The highest BCUT2D eigenvalue weighted by molar-refractivity contribution is 6.03. The first-order chi connectivity index (χ1) is 14.7. The lowest BCUT2D eigenvalue weighted by Gasteiger charge is -2.24. The van der Waals surface area contributed by atoms with Crippen LogP contribution in [0, 0.1) is 0 Å². The molecule has 9 heteroatoms. The average molecular weight is 424 g/mol. The molecule has 1 aliphatic rings. The Morgan fingerprint density at radius 3 is 2.81 bits per heavy atom. The van der Waals surface area contributed by atoms with Gasteiger partial charge in [-0.1, -0.05) is 0 Å². The van der Waals surface area contributed by atoms with Crippen molar-refractivity contribution < 1.29 is 18.7 Å². The Hall–Kier alpha value is -3.62. The molecule has 0 spiro atoms. The van der Waals surface area contributed by atoms with Gasteiger partial charge < -0.3 is 19.4 Å². The van der Waals surface area contributed by atoms with E-state index in [1.807, 2.05) is 20.8 Å². The number of hydrogen-bond acceptors (Lipinski definition) is 6. The molecule has 0 bridgehead atoms. The van der Waals surface area contributed by atoms with Crippen molar-refractivity contribution in [2.75, 3.05) is 18.4 Å². The standard InChI is InChI=1S/C22H24N4O5/c1-22(2,3)31-21(29)26-9-8-14(12-26)16-11-17(25-24-16)20(28)23-15-5-6-18-13(10-15)4-7-19(27)30-18/h4-7,10-11,14H,8-9,12H2,1-3H3,(H,23,28)(H,24,25). The SMILES string of the molecule is CC(C)(C)OC(=O)N1CCC(c2cc(C(=O)Nc3ccc4oc(=O)ccc4c3)n[nH]2)C1. The summed E-state index contributed by atoms with van der Waals surface area (Å²) < 4.78 is 10.5. The third-order valence-corrected chi connectivity index (χ3v) is 4.99. The number of rotatable bonds is 3. The van der Waals surface area contributed by atoms with E-state index >= 15 is 0 Å². The quantitative estimate of drug-likeness (QED) is 0.622. The highest BCUT2D eigenvalue weighted by Gasteiger charge is 2.31. The lowest BCUT2D eigenvalue weighted by atomic mass is 10.1. The van der Waals surface area contributed by atoms with E-state index in [0.29, 0.717) is 29.7 Å². The molecule has 3 heterocycles. The molecule has 1 aliphatic heterocycles. The second kappa shape index (κ2) is 7.90. The van der Waals surface area contributed by atoms with Crippen molar-refractivity contribution in [3.63, 3.8) is 0 Å². The van der Waals surface area contributed by atoms with Gasteiger partial charge in [-0.15, -0.1) is 0 Å². The van der Waals surface area contributed by atoms with Crippen LogP contribution in [0.25, 0.3) is 11.0 Å². The van der Waals surface area contributed by atoms with Crippen LogP contribution in [0.4, 0.5) is 10.5 Å². The number of ether oxygens (including phenoxy) is 1. The van der Waals surface area contributed by atoms with E-state index in [9.17, 15) is 14.4 Å². The summed E-state index contributed by atoms with van der Waals surface area (Å²) in [6, 6.07) is 9.69. The van der Waals surface area contributed by atoms with Gasteiger partial charge in [0.2, 0.25) is 0 Å². The summed E-state index contributed by atoms with van der Waals surface area (Å²) in [6.45, 7) is 6.61. The number of nitrogens with zero attached hydrogens (tertiary/aromatic N) is 2. The largest absolute Gasteiger partial charge is 0.444 e. The van der Waals surface area contributed by atoms with Gasteiger partial charge in [-0.25, -0.2) is 9.59 Å². The summed E-state index contributed by atoms with van der Waals surface area (Å²) in [5.74, 6) is -0.300. The van der Waals surface area contributed by atoms with Crippen LogP contribution < -0.4 is 10.9 Å². The van der Waals surface area contributed by atoms with E-state index in [-0.39, 0.29) is 23.6 Å². The molecule has 0 radical (unpaired) electrons. The number of H-pyrrole nitrogens is 1. The minimum atomic E-state index is -0.539. The van der Waals surface area contributed by atoms with Crippen LogP contribution in [0.1, 0.15) is 49.3 Å². The van der Waals surface area contributed by atoms with Crippen LogP contribution in [0.15, 0.2) is 45.6 Å². The maximum atomic E-state index is 12.6. The molecule has 2 N–H and O–H groups in total. The number of carbonyl (C=O) groups is 2. The average Bonchev–Trinajstić information content (AvgIpc) is 3.36. The van der Waals surface area contributed by atoms with E-state index in [4.69, 9.17) is 9.15 Å². The fourth-order valence-corrected chi connectivity index (χ4v) is 3.51. The number of aromatic amines is 1. The zero-order valence-corrected chi connectivity index (χ0v) is 17.6. The number of benzene rings is 1. The number of likely N-dealkylation sites (tertiary alicyclic amines) is 1. The molecule has 0 aliphatic carbocycles. The van der Waals surface area contributed by atoms with Crippen LogP contribution in [-0.4, -0.2) is 45.8 Å². The second-order valence-corrected chi connectivity index (χ2v) is 8.58. The third kappa shape index (κ3) is 4.76. The molecule has 4 rings (SSSR count). The molecule has 31 heavy (non-hydrogen) atoms. The van der Waals surface area contributed by atoms with Crippen molar-refractivity contribution in [3.8, 4) is 0 Å². The molecule has 0 saturated carbocycles. The van der Waals surface area contributed by atoms with Crippen LogP contribution in [0.5, 0.6) is 0 Å². The first-order valence-corrected chi connectivity index (χ1v) is 10.1. The minimum absolute atomic E-state index is 0.0603. The number of carbonyl (C=O) groups excluding carboxylic acids is 2. The summed E-state index contributed by atoms with van der Waals surface area (Å²) in [6.07, 6.45) is 0.429. The number of nitrogens with one attached hydrogen (secondary N) is 2. The monoisotopic (exact) mass is 424 g/mol. The zero-order valence-electron chi connectivity index (χ0n) is 17.6. The fourth-order valence-electron chi connectivity index (χ4n) is 3.51. The van der Waals surface area contributed by atoms with Gasteiger partial charge in [0.1, 0.15) is 11.2 Å². The van der Waals surface area contributed by atoms with Crippen molar-refractivity contribution in [1.29, 1.82) is 0 Å². The first kappa shape index (κ1) is 20.6. The molecule has 9 nitrogen and oxygen atoms in total. The van der Waals surface area contributed by atoms with Crippen molar-refractivity contribution in [2.45, 2.75) is 38.7 Å². The molecule has 2 amide bonds. The van der Waals surface area contributed by atoms with E-state index in [2.05, 4.69) is 15.5 Å². The Labute approximate surface area is 178 Å². The molecule has 1 saturated heterocycles. The smallest absolute Gasteiger partial charge is 0.410 e. The normalized spacial score (nSPS) is 16.5. The zero-order chi connectivity index (χ0) is 22.2. The Morgan fingerprint density at radius 1 is 1.23 bits per heavy atom. The van der Waals surface area contributed by atoms with Gasteiger partial charge in [-0.3, -0.25) is 9.89 Å². The van der Waals surface area contributed by atoms with Gasteiger partial charge in [0, 0.05) is 41.8 Å². The summed E-state index contributed by atoms with van der Waals surface area (Å²) in [5, 5.41) is 10.5. The summed E-state index contributed by atoms with van der Waals surface area (Å²) in [5.41, 5.74) is 1.10. The molecule has 1 aromatic carbocycles. The Morgan fingerprint density at radius 2 is 2.03 bits per heavy atom. The van der Waals surface area contributed by atoms with E-state index in [1.54, 1.807) is 35.2 Å². The molecule has 1 unspecified atom stereocenters. The Bertz CT molecular complexity index is 1190. The van der Waals surface area contributed by atoms with Crippen molar-refractivity contribution in [2.24, 2.45) is 0 Å². The molecular weight excluding hydrogens is 400 g/mol. The number of aromatic nitrogens is 2. The van der Waals surface area contributed by atoms with Gasteiger partial charge in [0.15, 0.2) is 5.69 Å². The second-order valence-electron chi connectivity index (χ2n) is 8.58. The van der Waals surface area contributed by atoms with E-state index in [1.165, 1.54) is 6.07 Å². The first-order valence-electron chi connectivity index (χ1n) is 10.1. The topological polar surface area (TPSA) is 118 Å². The maximum absolute atomic E-state index is 12.6. The number of anilines is 1. The highest BCUT2D eigenvalue weighted by Crippen LogP contribution is 2.27. The predicted molar refractivity (Wildman–Crippen MR) is 114 cm³/mol. The highest BCUT2D eigenvalue weighted by atomic mass is 16.6. The van der Waals surface area contributed by atoms with Gasteiger partial charge in [-0.05, 0) is 57.5 Å². The van der Waals surface area contributed by atoms with Gasteiger partial charge in [0.25, 0.3) is 5.91 Å². The van der Waals surface area contributed by atoms with Crippen molar-refractivity contribution in [1.82, 2.24) is 15.1 Å². The molecule has 1 fully saturated rings. The van der Waals surface area contributed by atoms with E-state index < -0.39 is 11.2 Å². The van der Waals surface area contributed by atoms with Crippen LogP contribution in [0.3, 0.4) is 0 Å². The number of amides is 2. The summed E-state index contributed by atoms with van der Waals surface area (Å²) in [7, 11) is 0. The predicted octanol–water partition coefficient (Wildman–Crippen LogP) is 3.49. The van der Waals surface area contributed by atoms with Gasteiger partial charge >= 0.3 is 11.7 Å². The summed E-state index contributed by atoms with van der Waals surface area (Å²) >= 11 is 0. The van der Waals surface area contributed by atoms with Crippen LogP contribution >= 0.6 is 0 Å². The van der Waals surface area contributed by atoms with Crippen LogP contribution in [-0.2, 0) is 4.74 Å². The van der Waals surface area contributed by atoms with Gasteiger partial charge in [-0.2, -0.15) is 5.10 Å². The molecular formula is C22H24N4O5. The molecule has 162 valence electrons.